The van der Waals surface area contributed by atoms with Gasteiger partial charge in [0.1, 0.15) is 0 Å². The fraction of sp³-hybridized carbons (Fsp3) is 0.875. The second kappa shape index (κ2) is 8.09. The first-order valence-corrected chi connectivity index (χ1v) is 6.13. The number of likely N-dealkylation sites (N-methyl/N-ethyl adjacent to an activating group) is 2. The number of nitroso groups, excluding NO2 is 1. The lowest BCUT2D eigenvalue weighted by Gasteiger charge is -2.30. The molecule has 0 aromatic carbocycles. The van der Waals surface area contributed by atoms with Crippen molar-refractivity contribution in [2.75, 3.05) is 27.2 Å². The summed E-state index contributed by atoms with van der Waals surface area (Å²) in [6.45, 7) is 4.76. The van der Waals surface area contributed by atoms with Gasteiger partial charge in [-0.15, -0.1) is 9.19 Å². The number of amides is 2. The molecule has 0 aromatic heterocycles. The van der Waals surface area contributed by atoms with Crippen molar-refractivity contribution < 1.29 is 13.3 Å². The molecular formula is C8H18N4O4S. The molecule has 2 amide bonds. The van der Waals surface area contributed by atoms with Crippen LogP contribution in [0.3, 0.4) is 0 Å². The van der Waals surface area contributed by atoms with Gasteiger partial charge in [-0.2, -0.15) is 9.27 Å². The Hall–Kier alpha value is -1.06. The molecule has 0 aliphatic carbocycles. The van der Waals surface area contributed by atoms with E-state index in [-0.39, 0.29) is 6.04 Å². The third kappa shape index (κ3) is 5.20. The number of rotatable bonds is 7. The van der Waals surface area contributed by atoms with Crippen molar-refractivity contribution in [3.05, 3.63) is 4.91 Å². The summed E-state index contributed by atoms with van der Waals surface area (Å²) in [6, 6.07) is -0.534. The van der Waals surface area contributed by atoms with Crippen LogP contribution >= 0.6 is 0 Å². The monoisotopic (exact) mass is 266 g/mol. The van der Waals surface area contributed by atoms with Gasteiger partial charge in [-0.3, -0.25) is 0 Å². The Morgan fingerprint density at radius 1 is 1.59 bits per heavy atom. The average Bonchev–Trinajstić information content (AvgIpc) is 2.29. The second-order valence-corrected chi connectivity index (χ2v) is 4.07. The first-order chi connectivity index (χ1) is 7.97. The molecule has 0 spiro atoms. The minimum absolute atomic E-state index is 0.0545. The molecule has 8 nitrogen and oxygen atoms in total. The largest absolute Gasteiger partial charge is 0.345 e. The summed E-state index contributed by atoms with van der Waals surface area (Å²) < 4.78 is 17.4. The molecule has 0 heterocycles. The van der Waals surface area contributed by atoms with Crippen molar-refractivity contribution >= 4 is 17.3 Å². The van der Waals surface area contributed by atoms with E-state index >= 15 is 0 Å². The van der Waals surface area contributed by atoms with Crippen LogP contribution in [0, 0.1) is 4.91 Å². The molecule has 17 heavy (non-hydrogen) atoms. The highest BCUT2D eigenvalue weighted by Crippen LogP contribution is 2.05. The zero-order valence-electron chi connectivity index (χ0n) is 10.4. The number of hydroxylamine groups is 2. The van der Waals surface area contributed by atoms with Gasteiger partial charge < -0.3 is 10.2 Å². The van der Waals surface area contributed by atoms with Crippen molar-refractivity contribution in [2.45, 2.75) is 19.9 Å². The summed E-state index contributed by atoms with van der Waals surface area (Å²) in [5, 5.41) is 3.69. The number of hydrogen-bond acceptors (Lipinski definition) is 5. The van der Waals surface area contributed by atoms with E-state index in [1.54, 1.807) is 7.05 Å². The minimum Gasteiger partial charge on any atom is -0.319 e. The highest BCUT2D eigenvalue weighted by molar-refractivity contribution is 7.78. The zero-order valence-corrected chi connectivity index (χ0v) is 11.2. The van der Waals surface area contributed by atoms with Gasteiger partial charge in [0, 0.05) is 26.2 Å². The highest BCUT2D eigenvalue weighted by atomic mass is 32.2. The van der Waals surface area contributed by atoms with E-state index in [2.05, 4.69) is 14.2 Å². The summed E-state index contributed by atoms with van der Waals surface area (Å²) >= 11 is -2.38. The lowest BCUT2D eigenvalue weighted by atomic mass is 10.3. The van der Waals surface area contributed by atoms with E-state index in [1.807, 2.05) is 13.8 Å². The topological polar surface area (TPSA) is 91.3 Å². The van der Waals surface area contributed by atoms with Crippen LogP contribution in [-0.2, 0) is 15.6 Å². The summed E-state index contributed by atoms with van der Waals surface area (Å²) in [5.74, 6) is 0. The Morgan fingerprint density at radius 2 is 2.18 bits per heavy atom. The average molecular weight is 266 g/mol. The quantitative estimate of drug-likeness (QED) is 0.526. The molecule has 0 fully saturated rings. The molecule has 2 unspecified atom stereocenters. The molecule has 0 saturated heterocycles. The van der Waals surface area contributed by atoms with E-state index in [9.17, 15) is 13.9 Å². The predicted molar refractivity (Wildman–Crippen MR) is 64.0 cm³/mol. The standard InChI is InChI=1S/C8H18N4O4S/c1-5-12(7(2)6-9-3)8(13)11(4)16-17(15)10-14/h7,9H,5-6H2,1-4H3. The Bertz CT molecular complexity index is 289. The molecule has 0 bridgehead atoms. The number of nitrogens with one attached hydrogen (secondary N) is 1. The van der Waals surface area contributed by atoms with Crippen LogP contribution in [0.2, 0.25) is 0 Å². The molecule has 100 valence electrons. The molecule has 1 N–H and O–H groups in total. The fourth-order valence-corrected chi connectivity index (χ4v) is 1.65. The third-order valence-electron chi connectivity index (χ3n) is 2.12. The molecule has 0 aliphatic heterocycles. The van der Waals surface area contributed by atoms with Gasteiger partial charge in [-0.25, -0.2) is 4.79 Å². The van der Waals surface area contributed by atoms with Crippen molar-refractivity contribution in [2.24, 2.45) is 4.58 Å². The van der Waals surface area contributed by atoms with E-state index in [0.29, 0.717) is 13.1 Å². The SMILES string of the molecule is CCN(C(=O)N(C)OS(=O)N=O)C(C)CNC. The molecule has 9 heteroatoms. The minimum atomic E-state index is -2.38. The summed E-state index contributed by atoms with van der Waals surface area (Å²) in [6.07, 6.45) is 0. The van der Waals surface area contributed by atoms with Gasteiger partial charge in [0.15, 0.2) is 0 Å². The van der Waals surface area contributed by atoms with Gasteiger partial charge >= 0.3 is 17.3 Å². The summed E-state index contributed by atoms with van der Waals surface area (Å²) in [7, 11) is 3.06. The highest BCUT2D eigenvalue weighted by Gasteiger charge is 2.23. The number of hydrogen-bond donors (Lipinski definition) is 1. The van der Waals surface area contributed by atoms with E-state index < -0.39 is 17.3 Å². The molecular weight excluding hydrogens is 248 g/mol. The van der Waals surface area contributed by atoms with Crippen molar-refractivity contribution in [1.82, 2.24) is 15.3 Å². The fourth-order valence-electron chi connectivity index (χ4n) is 1.36. The van der Waals surface area contributed by atoms with Crippen LogP contribution in [-0.4, -0.2) is 53.4 Å². The van der Waals surface area contributed by atoms with E-state index in [4.69, 9.17) is 0 Å². The Labute approximate surface area is 103 Å². The van der Waals surface area contributed by atoms with Crippen molar-refractivity contribution in [3.8, 4) is 0 Å². The molecule has 2 atom stereocenters. The van der Waals surface area contributed by atoms with Crippen LogP contribution in [0.5, 0.6) is 0 Å². The van der Waals surface area contributed by atoms with Gasteiger partial charge in [0.25, 0.3) is 0 Å². The Balaban J connectivity index is 4.51. The lowest BCUT2D eigenvalue weighted by molar-refractivity contribution is 0.00340. The second-order valence-electron chi connectivity index (χ2n) is 3.34. The molecule has 0 radical (unpaired) electrons. The van der Waals surface area contributed by atoms with E-state index in [0.717, 1.165) is 5.06 Å². The van der Waals surface area contributed by atoms with Gasteiger partial charge in [-0.1, -0.05) is 0 Å². The summed E-state index contributed by atoms with van der Waals surface area (Å²) in [5.41, 5.74) is 0. The predicted octanol–water partition coefficient (Wildman–Crippen LogP) is 0.245. The van der Waals surface area contributed by atoms with Crippen LogP contribution in [0.1, 0.15) is 13.8 Å². The maximum Gasteiger partial charge on any atom is 0.345 e. The van der Waals surface area contributed by atoms with Gasteiger partial charge in [0.05, 0.1) is 4.58 Å². The molecule has 0 rings (SSSR count). The van der Waals surface area contributed by atoms with Crippen LogP contribution in [0.4, 0.5) is 4.79 Å². The van der Waals surface area contributed by atoms with Gasteiger partial charge in [-0.05, 0) is 20.9 Å². The number of urea groups is 1. The number of carbonyl (C=O) groups is 1. The molecule has 0 aliphatic rings. The zero-order chi connectivity index (χ0) is 13.4. The Kier molecular flexibility index (Phi) is 7.59. The number of carbonyl (C=O) groups excluding carboxylic acids is 1. The van der Waals surface area contributed by atoms with Crippen molar-refractivity contribution in [1.29, 1.82) is 0 Å². The maximum atomic E-state index is 11.9. The normalized spacial score (nSPS) is 13.9. The molecule has 0 aromatic rings. The lowest BCUT2D eigenvalue weighted by Crippen LogP contribution is -2.48. The first kappa shape index (κ1) is 15.9. The van der Waals surface area contributed by atoms with Gasteiger partial charge in [0.2, 0.25) is 0 Å². The Morgan fingerprint density at radius 3 is 2.59 bits per heavy atom. The van der Waals surface area contributed by atoms with Crippen LogP contribution in [0.15, 0.2) is 4.58 Å². The summed E-state index contributed by atoms with van der Waals surface area (Å²) in [4.78, 5) is 23.3. The van der Waals surface area contributed by atoms with Crippen LogP contribution in [0.25, 0.3) is 0 Å². The smallest absolute Gasteiger partial charge is 0.319 e. The molecule has 0 saturated carbocycles. The van der Waals surface area contributed by atoms with E-state index in [1.165, 1.54) is 11.9 Å². The van der Waals surface area contributed by atoms with Crippen LogP contribution < -0.4 is 5.32 Å². The number of nitrogens with zero attached hydrogens (tertiary/aromatic N) is 3. The maximum absolute atomic E-state index is 11.9. The van der Waals surface area contributed by atoms with Crippen molar-refractivity contribution in [3.63, 3.8) is 0 Å². The first-order valence-electron chi connectivity index (χ1n) is 5.10. The third-order valence-corrected chi connectivity index (χ3v) is 2.60.